The van der Waals surface area contributed by atoms with Crippen LogP contribution in [0.25, 0.3) is 0 Å². The third-order valence-corrected chi connectivity index (χ3v) is 7.84. The molecular weight excluding hydrogens is 496 g/mol. The van der Waals surface area contributed by atoms with E-state index in [1.807, 2.05) is 55.1 Å². The normalized spacial score (nSPS) is 21.8. The molecule has 4 rings (SSSR count). The average Bonchev–Trinajstić information content (AvgIpc) is 2.93. The fourth-order valence-corrected chi connectivity index (χ4v) is 5.68. The Morgan fingerprint density at radius 3 is 2.13 bits per heavy atom. The summed E-state index contributed by atoms with van der Waals surface area (Å²) in [6, 6.07) is 10.7. The van der Waals surface area contributed by atoms with Crippen LogP contribution < -0.4 is 18.9 Å². The van der Waals surface area contributed by atoms with Gasteiger partial charge in [0.1, 0.15) is 12.6 Å². The van der Waals surface area contributed by atoms with Crippen LogP contribution in [0.3, 0.4) is 0 Å². The van der Waals surface area contributed by atoms with Crippen LogP contribution >= 0.6 is 0 Å². The van der Waals surface area contributed by atoms with E-state index in [0.29, 0.717) is 41.9 Å². The first kappa shape index (κ1) is 28.6. The SMILES string of the molecule is COc1ccc(CCN2C(=O)CN(C3CCC(C)CC3)C(=O)[C@@H]2c2ccc(OC(C)C)c(OC)c2)cc1OC. The van der Waals surface area contributed by atoms with Gasteiger partial charge >= 0.3 is 0 Å². The van der Waals surface area contributed by atoms with Gasteiger partial charge in [-0.25, -0.2) is 0 Å². The number of piperazine rings is 1. The average molecular weight is 539 g/mol. The number of nitrogens with zero attached hydrogens (tertiary/aromatic N) is 2. The molecule has 0 unspecified atom stereocenters. The van der Waals surface area contributed by atoms with Crippen LogP contribution in [0.5, 0.6) is 23.0 Å². The van der Waals surface area contributed by atoms with Crippen molar-refractivity contribution in [1.29, 1.82) is 0 Å². The number of amides is 2. The third-order valence-electron chi connectivity index (χ3n) is 7.84. The first-order valence-electron chi connectivity index (χ1n) is 13.9. The molecule has 2 aliphatic rings. The molecule has 1 atom stereocenters. The highest BCUT2D eigenvalue weighted by molar-refractivity contribution is 5.96. The van der Waals surface area contributed by atoms with E-state index in [1.165, 1.54) is 0 Å². The molecule has 8 nitrogen and oxygen atoms in total. The second kappa shape index (κ2) is 12.6. The number of carbonyl (C=O) groups excluding carboxylic acids is 2. The van der Waals surface area contributed by atoms with Crippen molar-refractivity contribution >= 4 is 11.8 Å². The molecule has 1 heterocycles. The summed E-state index contributed by atoms with van der Waals surface area (Å²) in [4.78, 5) is 31.4. The van der Waals surface area contributed by atoms with Crippen molar-refractivity contribution in [2.45, 2.75) is 71.1 Å². The Kier molecular flexibility index (Phi) is 9.25. The van der Waals surface area contributed by atoms with Gasteiger partial charge in [-0.2, -0.15) is 0 Å². The number of hydrogen-bond acceptors (Lipinski definition) is 6. The zero-order chi connectivity index (χ0) is 28.1. The van der Waals surface area contributed by atoms with Gasteiger partial charge in [-0.05, 0) is 87.3 Å². The molecule has 0 N–H and O–H groups in total. The molecule has 212 valence electrons. The number of rotatable bonds is 10. The summed E-state index contributed by atoms with van der Waals surface area (Å²) in [6.07, 6.45) is 4.57. The van der Waals surface area contributed by atoms with E-state index < -0.39 is 6.04 Å². The van der Waals surface area contributed by atoms with Crippen molar-refractivity contribution < 1.29 is 28.5 Å². The summed E-state index contributed by atoms with van der Waals surface area (Å²) in [5.41, 5.74) is 1.72. The van der Waals surface area contributed by atoms with Crippen LogP contribution in [0.1, 0.15) is 63.6 Å². The van der Waals surface area contributed by atoms with Gasteiger partial charge in [0.05, 0.1) is 27.4 Å². The number of ether oxygens (including phenoxy) is 4. The van der Waals surface area contributed by atoms with Gasteiger partial charge in [0, 0.05) is 12.6 Å². The molecule has 8 heteroatoms. The highest BCUT2D eigenvalue weighted by Crippen LogP contribution is 2.38. The van der Waals surface area contributed by atoms with Gasteiger partial charge in [-0.3, -0.25) is 9.59 Å². The van der Waals surface area contributed by atoms with Crippen molar-refractivity contribution in [3.05, 3.63) is 47.5 Å². The van der Waals surface area contributed by atoms with Crippen molar-refractivity contribution in [2.75, 3.05) is 34.4 Å². The number of methoxy groups -OCH3 is 3. The Labute approximate surface area is 232 Å². The second-order valence-electron chi connectivity index (χ2n) is 10.9. The number of hydrogen-bond donors (Lipinski definition) is 0. The Hall–Kier alpha value is -3.42. The summed E-state index contributed by atoms with van der Waals surface area (Å²) >= 11 is 0. The molecular formula is C31H42N2O6. The van der Waals surface area contributed by atoms with Gasteiger partial charge in [-0.15, -0.1) is 0 Å². The molecule has 2 aromatic rings. The van der Waals surface area contributed by atoms with E-state index in [0.717, 1.165) is 36.8 Å². The van der Waals surface area contributed by atoms with Gasteiger partial charge < -0.3 is 28.7 Å². The molecule has 39 heavy (non-hydrogen) atoms. The zero-order valence-corrected chi connectivity index (χ0v) is 24.1. The van der Waals surface area contributed by atoms with Crippen LogP contribution in [0.2, 0.25) is 0 Å². The highest BCUT2D eigenvalue weighted by atomic mass is 16.5. The largest absolute Gasteiger partial charge is 0.493 e. The van der Waals surface area contributed by atoms with Crippen LogP contribution in [-0.4, -0.2) is 68.2 Å². The van der Waals surface area contributed by atoms with Gasteiger partial charge in [-0.1, -0.05) is 19.1 Å². The van der Waals surface area contributed by atoms with Crippen molar-refractivity contribution in [2.24, 2.45) is 5.92 Å². The summed E-state index contributed by atoms with van der Waals surface area (Å²) in [7, 11) is 4.79. The van der Waals surface area contributed by atoms with Gasteiger partial charge in [0.2, 0.25) is 5.91 Å². The number of benzene rings is 2. The molecule has 1 saturated heterocycles. The lowest BCUT2D eigenvalue weighted by Crippen LogP contribution is -2.59. The monoisotopic (exact) mass is 538 g/mol. The molecule has 1 aliphatic carbocycles. The van der Waals surface area contributed by atoms with Crippen LogP contribution in [0.15, 0.2) is 36.4 Å². The predicted octanol–water partition coefficient (Wildman–Crippen LogP) is 5.03. The number of carbonyl (C=O) groups is 2. The minimum Gasteiger partial charge on any atom is -0.493 e. The van der Waals surface area contributed by atoms with E-state index in [2.05, 4.69) is 6.92 Å². The molecule has 2 amide bonds. The second-order valence-corrected chi connectivity index (χ2v) is 10.9. The smallest absolute Gasteiger partial charge is 0.250 e. The minimum absolute atomic E-state index is 0.0233. The van der Waals surface area contributed by atoms with Gasteiger partial charge in [0.15, 0.2) is 23.0 Å². The molecule has 0 aromatic heterocycles. The van der Waals surface area contributed by atoms with E-state index in [4.69, 9.17) is 18.9 Å². The maximum Gasteiger partial charge on any atom is 0.250 e. The van der Waals surface area contributed by atoms with E-state index in [9.17, 15) is 9.59 Å². The standard InChI is InChI=1S/C31H42N2O6/c1-20(2)39-26-14-10-23(18-28(26)38-6)30-31(35)33(24-11-7-21(3)8-12-24)19-29(34)32(30)16-15-22-9-13-25(36-4)27(17-22)37-5/h9-10,13-14,17-18,20-21,24,30H,7-8,11-12,15-16,19H2,1-6H3/t21?,24?,30-/m0/s1. The van der Waals surface area contributed by atoms with Crippen molar-refractivity contribution in [1.82, 2.24) is 9.80 Å². The predicted molar refractivity (Wildman–Crippen MR) is 150 cm³/mol. The maximum atomic E-state index is 14.1. The van der Waals surface area contributed by atoms with Crippen LogP contribution in [0, 0.1) is 5.92 Å². The topological polar surface area (TPSA) is 77.5 Å². The third kappa shape index (κ3) is 6.43. The van der Waals surface area contributed by atoms with Crippen molar-refractivity contribution in [3.8, 4) is 23.0 Å². The van der Waals surface area contributed by atoms with E-state index >= 15 is 0 Å². The van der Waals surface area contributed by atoms with E-state index in [1.54, 1.807) is 26.2 Å². The maximum absolute atomic E-state index is 14.1. The Morgan fingerprint density at radius 1 is 0.846 bits per heavy atom. The molecule has 1 aliphatic heterocycles. The fraction of sp³-hybridized carbons (Fsp3) is 0.548. The first-order valence-corrected chi connectivity index (χ1v) is 13.9. The Balaban J connectivity index is 1.65. The molecule has 2 aromatic carbocycles. The van der Waals surface area contributed by atoms with E-state index in [-0.39, 0.29) is 30.5 Å². The quantitative estimate of drug-likeness (QED) is 0.422. The first-order chi connectivity index (χ1) is 18.7. The van der Waals surface area contributed by atoms with Gasteiger partial charge in [0.25, 0.3) is 5.91 Å². The minimum atomic E-state index is -0.729. The van der Waals surface area contributed by atoms with Crippen LogP contribution in [0.4, 0.5) is 0 Å². The molecule has 0 bridgehead atoms. The zero-order valence-electron chi connectivity index (χ0n) is 24.1. The lowest BCUT2D eigenvalue weighted by atomic mass is 9.85. The lowest BCUT2D eigenvalue weighted by Gasteiger charge is -2.45. The van der Waals surface area contributed by atoms with Crippen LogP contribution in [-0.2, 0) is 16.0 Å². The summed E-state index contributed by atoms with van der Waals surface area (Å²) in [5.74, 6) is 3.03. The molecule has 1 saturated carbocycles. The Morgan fingerprint density at radius 2 is 1.49 bits per heavy atom. The molecule has 0 radical (unpaired) electrons. The fourth-order valence-electron chi connectivity index (χ4n) is 5.68. The van der Waals surface area contributed by atoms with Crippen molar-refractivity contribution in [3.63, 3.8) is 0 Å². The summed E-state index contributed by atoms with van der Waals surface area (Å²) in [5, 5.41) is 0. The Bertz CT molecular complexity index is 1160. The highest BCUT2D eigenvalue weighted by Gasteiger charge is 2.43. The molecule has 0 spiro atoms. The molecule has 2 fully saturated rings. The summed E-state index contributed by atoms with van der Waals surface area (Å²) < 4.78 is 22.3. The summed E-state index contributed by atoms with van der Waals surface area (Å²) in [6.45, 7) is 6.68. The lowest BCUT2D eigenvalue weighted by molar-refractivity contribution is -0.159.